The van der Waals surface area contributed by atoms with E-state index in [9.17, 15) is 4.79 Å². The Morgan fingerprint density at radius 3 is 3.12 bits per heavy atom. The predicted molar refractivity (Wildman–Crippen MR) is 65.9 cm³/mol. The van der Waals surface area contributed by atoms with Gasteiger partial charge in [0.25, 0.3) is 5.56 Å². The van der Waals surface area contributed by atoms with Crippen molar-refractivity contribution in [1.82, 2.24) is 15.3 Å². The first kappa shape index (κ1) is 10.6. The van der Waals surface area contributed by atoms with Crippen molar-refractivity contribution in [2.45, 2.75) is 13.0 Å². The average Bonchev–Trinajstić information content (AvgIpc) is 2.87. The van der Waals surface area contributed by atoms with E-state index >= 15 is 0 Å². The molecule has 0 radical (unpaired) electrons. The Bertz CT molecular complexity index is 485. The third-order valence-electron chi connectivity index (χ3n) is 4.07. The molecule has 92 valence electrons. The number of aromatic amines is 1. The smallest absolute Gasteiger partial charge is 0.276 e. The van der Waals surface area contributed by atoms with Crippen molar-refractivity contribution in [3.8, 4) is 0 Å². The van der Waals surface area contributed by atoms with Gasteiger partial charge in [-0.3, -0.25) is 4.79 Å². The normalized spacial score (nSPS) is 31.8. The third kappa shape index (κ3) is 1.51. The van der Waals surface area contributed by atoms with Crippen molar-refractivity contribution in [3.05, 3.63) is 16.7 Å². The minimum absolute atomic E-state index is 0.229. The first-order chi connectivity index (χ1) is 8.18. The van der Waals surface area contributed by atoms with E-state index in [1.165, 1.54) is 6.33 Å². The number of nitrogens with one attached hydrogen (secondary N) is 2. The zero-order chi connectivity index (χ0) is 12.0. The zero-order valence-corrected chi connectivity index (χ0v) is 9.81. The summed E-state index contributed by atoms with van der Waals surface area (Å²) in [6.45, 7) is 5.21. The van der Waals surface area contributed by atoms with Crippen molar-refractivity contribution < 1.29 is 0 Å². The monoisotopic (exact) mass is 235 g/mol. The molecule has 1 aromatic rings. The summed E-state index contributed by atoms with van der Waals surface area (Å²) in [7, 11) is 0. The number of rotatable bonds is 1. The van der Waals surface area contributed by atoms with Crippen LogP contribution >= 0.6 is 0 Å². The number of fused-ring (bicyclic) bond motifs is 1. The third-order valence-corrected chi connectivity index (χ3v) is 4.07. The van der Waals surface area contributed by atoms with Crippen LogP contribution in [0.25, 0.3) is 0 Å². The molecule has 0 aliphatic carbocycles. The van der Waals surface area contributed by atoms with Crippen LogP contribution in [0.5, 0.6) is 0 Å². The van der Waals surface area contributed by atoms with E-state index in [0.717, 1.165) is 19.6 Å². The Morgan fingerprint density at radius 1 is 1.53 bits per heavy atom. The van der Waals surface area contributed by atoms with Gasteiger partial charge < -0.3 is 20.9 Å². The molecule has 2 fully saturated rings. The number of anilines is 2. The maximum Gasteiger partial charge on any atom is 0.276 e. The van der Waals surface area contributed by atoms with Gasteiger partial charge in [0.05, 0.1) is 6.33 Å². The Labute approximate surface area is 99.2 Å². The highest BCUT2D eigenvalue weighted by molar-refractivity contribution is 5.62. The fraction of sp³-hybridized carbons (Fsp3) is 0.636. The molecule has 6 nitrogen and oxygen atoms in total. The lowest BCUT2D eigenvalue weighted by Gasteiger charge is -2.26. The van der Waals surface area contributed by atoms with Crippen LogP contribution in [-0.4, -0.2) is 35.6 Å². The summed E-state index contributed by atoms with van der Waals surface area (Å²) in [6.07, 6.45) is 1.42. The van der Waals surface area contributed by atoms with Gasteiger partial charge in [0.1, 0.15) is 5.69 Å². The summed E-state index contributed by atoms with van der Waals surface area (Å²) in [6, 6.07) is 0.381. The molecule has 1 aromatic heterocycles. The summed E-state index contributed by atoms with van der Waals surface area (Å²) in [5.41, 5.74) is 5.79. The van der Waals surface area contributed by atoms with E-state index in [4.69, 9.17) is 5.73 Å². The van der Waals surface area contributed by atoms with Gasteiger partial charge in [0.2, 0.25) is 0 Å². The van der Waals surface area contributed by atoms with Crippen molar-refractivity contribution >= 4 is 11.5 Å². The zero-order valence-electron chi connectivity index (χ0n) is 9.81. The molecule has 2 aliphatic rings. The molecule has 4 N–H and O–H groups in total. The Morgan fingerprint density at radius 2 is 2.35 bits per heavy atom. The highest BCUT2D eigenvalue weighted by atomic mass is 16.1. The molecule has 3 unspecified atom stereocenters. The molecule has 3 atom stereocenters. The molecule has 17 heavy (non-hydrogen) atoms. The van der Waals surface area contributed by atoms with Crippen LogP contribution in [0.2, 0.25) is 0 Å². The lowest BCUT2D eigenvalue weighted by molar-refractivity contribution is 0.471. The summed E-state index contributed by atoms with van der Waals surface area (Å²) in [5.74, 6) is 1.91. The standard InChI is InChI=1S/C11H17N5O/c1-6-8-3-13-2-7(8)4-16(6)10-9(12)11(17)15-5-14-10/h5-8,13H,2-4,12H2,1H3,(H,14,15,17). The van der Waals surface area contributed by atoms with Gasteiger partial charge in [-0.25, -0.2) is 4.98 Å². The van der Waals surface area contributed by atoms with Gasteiger partial charge in [-0.15, -0.1) is 0 Å². The number of aromatic nitrogens is 2. The van der Waals surface area contributed by atoms with E-state index in [2.05, 4.69) is 27.1 Å². The first-order valence-corrected chi connectivity index (χ1v) is 5.99. The summed E-state index contributed by atoms with van der Waals surface area (Å²) in [5, 5.41) is 3.41. The molecule has 6 heteroatoms. The second kappa shape index (κ2) is 3.73. The highest BCUT2D eigenvalue weighted by Gasteiger charge is 2.42. The van der Waals surface area contributed by atoms with Crippen LogP contribution in [0.1, 0.15) is 6.92 Å². The van der Waals surface area contributed by atoms with Crippen molar-refractivity contribution in [2.24, 2.45) is 11.8 Å². The van der Waals surface area contributed by atoms with Gasteiger partial charge in [-0.05, 0) is 18.8 Å². The molecule has 3 rings (SSSR count). The number of hydrogen-bond donors (Lipinski definition) is 3. The van der Waals surface area contributed by atoms with Crippen LogP contribution in [-0.2, 0) is 0 Å². The number of nitrogen functional groups attached to an aromatic ring is 1. The fourth-order valence-corrected chi connectivity index (χ4v) is 3.08. The molecule has 0 bridgehead atoms. The Kier molecular flexibility index (Phi) is 2.32. The molecule has 2 saturated heterocycles. The van der Waals surface area contributed by atoms with Gasteiger partial charge >= 0.3 is 0 Å². The van der Waals surface area contributed by atoms with E-state index < -0.39 is 0 Å². The first-order valence-electron chi connectivity index (χ1n) is 5.99. The topological polar surface area (TPSA) is 87.0 Å². The molecular formula is C11H17N5O. The summed E-state index contributed by atoms with van der Waals surface area (Å²) in [4.78, 5) is 20.4. The molecule has 0 spiro atoms. The molecular weight excluding hydrogens is 218 g/mol. The van der Waals surface area contributed by atoms with Crippen LogP contribution < -0.4 is 21.5 Å². The molecule has 3 heterocycles. The lowest BCUT2D eigenvalue weighted by Crippen LogP contribution is -2.35. The number of H-pyrrole nitrogens is 1. The van der Waals surface area contributed by atoms with Gasteiger partial charge in [-0.2, -0.15) is 0 Å². The van der Waals surface area contributed by atoms with Gasteiger partial charge in [0.15, 0.2) is 5.82 Å². The maximum atomic E-state index is 11.5. The lowest BCUT2D eigenvalue weighted by atomic mass is 9.95. The average molecular weight is 235 g/mol. The van der Waals surface area contributed by atoms with E-state index in [1.54, 1.807) is 0 Å². The molecule has 0 amide bonds. The predicted octanol–water partition coefficient (Wildman–Crippen LogP) is -0.604. The SMILES string of the molecule is CC1C2CNCC2CN1c1nc[nH]c(=O)c1N. The largest absolute Gasteiger partial charge is 0.391 e. The van der Waals surface area contributed by atoms with Crippen LogP contribution in [0.3, 0.4) is 0 Å². The highest BCUT2D eigenvalue weighted by Crippen LogP contribution is 2.35. The number of nitrogens with zero attached hydrogens (tertiary/aromatic N) is 2. The second-order valence-corrected chi connectivity index (χ2v) is 4.94. The fourth-order valence-electron chi connectivity index (χ4n) is 3.08. The Balaban J connectivity index is 1.95. The van der Waals surface area contributed by atoms with Crippen LogP contribution in [0.4, 0.5) is 11.5 Å². The minimum Gasteiger partial charge on any atom is -0.391 e. The van der Waals surface area contributed by atoms with E-state index in [1.807, 2.05) is 0 Å². The van der Waals surface area contributed by atoms with Gasteiger partial charge in [0, 0.05) is 25.7 Å². The van der Waals surface area contributed by atoms with Crippen LogP contribution in [0, 0.1) is 11.8 Å². The number of nitrogens with two attached hydrogens (primary N) is 1. The van der Waals surface area contributed by atoms with Crippen molar-refractivity contribution in [1.29, 1.82) is 0 Å². The quantitative estimate of drug-likeness (QED) is 0.605. The molecule has 2 aliphatic heterocycles. The second-order valence-electron chi connectivity index (χ2n) is 4.94. The maximum absolute atomic E-state index is 11.5. The molecule has 0 saturated carbocycles. The molecule has 0 aromatic carbocycles. The van der Waals surface area contributed by atoms with E-state index in [0.29, 0.717) is 23.7 Å². The van der Waals surface area contributed by atoms with Crippen molar-refractivity contribution in [3.63, 3.8) is 0 Å². The minimum atomic E-state index is -0.252. The van der Waals surface area contributed by atoms with E-state index in [-0.39, 0.29) is 11.2 Å². The van der Waals surface area contributed by atoms with Gasteiger partial charge in [-0.1, -0.05) is 0 Å². The van der Waals surface area contributed by atoms with Crippen molar-refractivity contribution in [2.75, 3.05) is 30.3 Å². The van der Waals surface area contributed by atoms with Crippen LogP contribution in [0.15, 0.2) is 11.1 Å². The Hall–Kier alpha value is -1.56. The summed E-state index contributed by atoms with van der Waals surface area (Å²) < 4.78 is 0. The number of hydrogen-bond acceptors (Lipinski definition) is 5. The summed E-state index contributed by atoms with van der Waals surface area (Å²) >= 11 is 0.